The number of fused-ring (bicyclic) bond motifs is 6. The zero-order valence-electron chi connectivity index (χ0n) is 24.4. The number of anilines is 3. The van der Waals surface area contributed by atoms with Crippen molar-refractivity contribution in [3.63, 3.8) is 0 Å². The predicted octanol–water partition coefficient (Wildman–Crippen LogP) is 12.8. The Balaban J connectivity index is 1.18. The van der Waals surface area contributed by atoms with Gasteiger partial charge in [-0.3, -0.25) is 0 Å². The SMILES string of the molecule is c1ccc(-c2ccc(-c3ccc(N(c4ccc5c(c4)oc4ccccc45)c4cccc5c4sc4ccccc45)cc3)cc2)cc1. The number of para-hydroxylation sites is 1. The highest BCUT2D eigenvalue weighted by atomic mass is 32.1. The van der Waals surface area contributed by atoms with Crippen molar-refractivity contribution in [1.29, 1.82) is 0 Å². The van der Waals surface area contributed by atoms with E-state index in [9.17, 15) is 0 Å². The Morgan fingerprint density at radius 3 is 1.76 bits per heavy atom. The van der Waals surface area contributed by atoms with Crippen LogP contribution in [0, 0.1) is 0 Å². The molecule has 0 saturated heterocycles. The van der Waals surface area contributed by atoms with Crippen molar-refractivity contribution in [2.75, 3.05) is 4.90 Å². The molecule has 0 atom stereocenters. The molecule has 0 aliphatic heterocycles. The molecular formula is C42H27NOS. The Bertz CT molecular complexity index is 2470. The second kappa shape index (κ2) is 10.5. The summed E-state index contributed by atoms with van der Waals surface area (Å²) in [5, 5.41) is 4.84. The van der Waals surface area contributed by atoms with Crippen LogP contribution in [0.2, 0.25) is 0 Å². The van der Waals surface area contributed by atoms with Gasteiger partial charge in [-0.2, -0.15) is 0 Å². The summed E-state index contributed by atoms with van der Waals surface area (Å²) in [6.07, 6.45) is 0. The van der Waals surface area contributed by atoms with Crippen LogP contribution in [0.5, 0.6) is 0 Å². The van der Waals surface area contributed by atoms with Gasteiger partial charge >= 0.3 is 0 Å². The maximum Gasteiger partial charge on any atom is 0.137 e. The van der Waals surface area contributed by atoms with Gasteiger partial charge in [0, 0.05) is 43.7 Å². The average Bonchev–Trinajstić information content (AvgIpc) is 3.68. The lowest BCUT2D eigenvalue weighted by atomic mass is 10.00. The molecule has 0 N–H and O–H groups in total. The molecule has 9 rings (SSSR count). The second-order valence-electron chi connectivity index (χ2n) is 11.4. The van der Waals surface area contributed by atoms with Crippen LogP contribution in [-0.2, 0) is 0 Å². The number of thiophene rings is 1. The van der Waals surface area contributed by atoms with E-state index >= 15 is 0 Å². The van der Waals surface area contributed by atoms with Crippen LogP contribution in [0.4, 0.5) is 17.1 Å². The number of furan rings is 1. The molecule has 0 bridgehead atoms. The summed E-state index contributed by atoms with van der Waals surface area (Å²) in [7, 11) is 0. The van der Waals surface area contributed by atoms with E-state index in [0.29, 0.717) is 0 Å². The van der Waals surface area contributed by atoms with Gasteiger partial charge in [-0.15, -0.1) is 11.3 Å². The van der Waals surface area contributed by atoms with Gasteiger partial charge < -0.3 is 9.32 Å². The molecule has 0 aliphatic rings. The largest absolute Gasteiger partial charge is 0.456 e. The van der Waals surface area contributed by atoms with Gasteiger partial charge in [0.2, 0.25) is 0 Å². The van der Waals surface area contributed by atoms with E-state index in [4.69, 9.17) is 4.42 Å². The Kier molecular flexibility index (Phi) is 6.03. The smallest absolute Gasteiger partial charge is 0.137 e. The van der Waals surface area contributed by atoms with Crippen LogP contribution < -0.4 is 4.90 Å². The lowest BCUT2D eigenvalue weighted by Crippen LogP contribution is -2.10. The summed E-state index contributed by atoms with van der Waals surface area (Å²) in [6, 6.07) is 58.4. The Hall–Kier alpha value is -5.64. The van der Waals surface area contributed by atoms with Gasteiger partial charge in [-0.1, -0.05) is 115 Å². The maximum atomic E-state index is 6.34. The first-order valence-electron chi connectivity index (χ1n) is 15.2. The summed E-state index contributed by atoms with van der Waals surface area (Å²) < 4.78 is 8.91. The highest BCUT2D eigenvalue weighted by molar-refractivity contribution is 7.26. The van der Waals surface area contributed by atoms with Crippen molar-refractivity contribution < 1.29 is 4.42 Å². The molecule has 0 saturated carbocycles. The molecule has 0 unspecified atom stereocenters. The molecular weight excluding hydrogens is 567 g/mol. The average molecular weight is 594 g/mol. The van der Waals surface area contributed by atoms with E-state index in [2.05, 4.69) is 157 Å². The number of hydrogen-bond donors (Lipinski definition) is 0. The summed E-state index contributed by atoms with van der Waals surface area (Å²) in [5.74, 6) is 0. The fourth-order valence-electron chi connectivity index (χ4n) is 6.48. The Morgan fingerprint density at radius 2 is 0.978 bits per heavy atom. The van der Waals surface area contributed by atoms with E-state index in [0.717, 1.165) is 39.0 Å². The lowest BCUT2D eigenvalue weighted by molar-refractivity contribution is 0.669. The number of nitrogens with zero attached hydrogens (tertiary/aromatic N) is 1. The summed E-state index contributed by atoms with van der Waals surface area (Å²) in [5.41, 5.74) is 9.94. The van der Waals surface area contributed by atoms with E-state index < -0.39 is 0 Å². The number of benzene rings is 7. The molecule has 0 radical (unpaired) electrons. The third-order valence-electron chi connectivity index (χ3n) is 8.70. The molecule has 0 spiro atoms. The van der Waals surface area contributed by atoms with Gasteiger partial charge in [0.1, 0.15) is 11.2 Å². The minimum atomic E-state index is 0.886. The molecule has 7 aromatic carbocycles. The third kappa shape index (κ3) is 4.40. The number of rotatable bonds is 5. The van der Waals surface area contributed by atoms with Gasteiger partial charge in [0.05, 0.1) is 10.4 Å². The van der Waals surface area contributed by atoms with E-state index in [-0.39, 0.29) is 0 Å². The quantitative estimate of drug-likeness (QED) is 0.197. The van der Waals surface area contributed by atoms with Crippen LogP contribution in [-0.4, -0.2) is 0 Å². The molecule has 0 aliphatic carbocycles. The zero-order chi connectivity index (χ0) is 29.7. The van der Waals surface area contributed by atoms with Crippen molar-refractivity contribution in [3.8, 4) is 22.3 Å². The predicted molar refractivity (Wildman–Crippen MR) is 192 cm³/mol. The van der Waals surface area contributed by atoms with Crippen molar-refractivity contribution in [3.05, 3.63) is 164 Å². The third-order valence-corrected chi connectivity index (χ3v) is 9.90. The topological polar surface area (TPSA) is 16.4 Å². The van der Waals surface area contributed by atoms with Crippen molar-refractivity contribution in [2.45, 2.75) is 0 Å². The molecule has 3 heteroatoms. The highest BCUT2D eigenvalue weighted by Gasteiger charge is 2.19. The molecule has 45 heavy (non-hydrogen) atoms. The summed E-state index contributed by atoms with van der Waals surface area (Å²) in [4.78, 5) is 2.37. The molecule has 212 valence electrons. The molecule has 2 heterocycles. The van der Waals surface area contributed by atoms with Gasteiger partial charge in [-0.25, -0.2) is 0 Å². The normalized spacial score (nSPS) is 11.6. The fourth-order valence-corrected chi connectivity index (χ4v) is 7.68. The van der Waals surface area contributed by atoms with Crippen LogP contribution >= 0.6 is 11.3 Å². The first kappa shape index (κ1) is 25.8. The molecule has 9 aromatic rings. The maximum absolute atomic E-state index is 6.34. The van der Waals surface area contributed by atoms with E-state index in [1.807, 2.05) is 23.5 Å². The first-order chi connectivity index (χ1) is 22.3. The zero-order valence-corrected chi connectivity index (χ0v) is 25.2. The van der Waals surface area contributed by atoms with Crippen LogP contribution in [0.1, 0.15) is 0 Å². The molecule has 0 fully saturated rings. The standard InChI is InChI=1S/C42H27NOS/c1-2-9-28(10-3-1)29-17-19-30(20-18-29)31-21-23-32(24-22-31)43(33-25-26-35-34-11-4-6-15-39(34)44-40(35)27-33)38-14-8-13-37-36-12-5-7-16-41(36)45-42(37)38/h1-27H. The van der Waals surface area contributed by atoms with Gasteiger partial charge in [-0.05, 0) is 64.7 Å². The second-order valence-corrected chi connectivity index (χ2v) is 12.4. The van der Waals surface area contributed by atoms with Gasteiger partial charge in [0.25, 0.3) is 0 Å². The highest BCUT2D eigenvalue weighted by Crippen LogP contribution is 2.45. The van der Waals surface area contributed by atoms with Crippen LogP contribution in [0.3, 0.4) is 0 Å². The van der Waals surface area contributed by atoms with E-state index in [1.54, 1.807) is 0 Å². The monoisotopic (exact) mass is 593 g/mol. The minimum absolute atomic E-state index is 0.886. The fraction of sp³-hybridized carbons (Fsp3) is 0. The molecule has 2 nitrogen and oxygen atoms in total. The Labute approximate surface area is 265 Å². The van der Waals surface area contributed by atoms with Gasteiger partial charge in [0.15, 0.2) is 0 Å². The minimum Gasteiger partial charge on any atom is -0.456 e. The first-order valence-corrected chi connectivity index (χ1v) is 16.0. The van der Waals surface area contributed by atoms with Crippen molar-refractivity contribution >= 4 is 70.5 Å². The van der Waals surface area contributed by atoms with Crippen LogP contribution in [0.25, 0.3) is 64.4 Å². The number of hydrogen-bond acceptors (Lipinski definition) is 3. The van der Waals surface area contributed by atoms with E-state index in [1.165, 1.54) is 42.4 Å². The van der Waals surface area contributed by atoms with Crippen LogP contribution in [0.15, 0.2) is 168 Å². The van der Waals surface area contributed by atoms with Crippen molar-refractivity contribution in [1.82, 2.24) is 0 Å². The van der Waals surface area contributed by atoms with Crippen molar-refractivity contribution in [2.24, 2.45) is 0 Å². The lowest BCUT2D eigenvalue weighted by Gasteiger charge is -2.26. The molecule has 0 amide bonds. The molecule has 2 aromatic heterocycles. The Morgan fingerprint density at radius 1 is 0.400 bits per heavy atom. The summed E-state index contributed by atoms with van der Waals surface area (Å²) in [6.45, 7) is 0. The summed E-state index contributed by atoms with van der Waals surface area (Å²) >= 11 is 1.85.